The maximum Gasteiger partial charge on any atom is 0.255 e. The summed E-state index contributed by atoms with van der Waals surface area (Å²) in [6, 6.07) is 0. The van der Waals surface area contributed by atoms with Gasteiger partial charge in [-0.15, -0.1) is 0 Å². The highest BCUT2D eigenvalue weighted by Gasteiger charge is 2.19. The average molecular weight is 267 g/mol. The molecule has 0 aromatic carbocycles. The second kappa shape index (κ2) is 8.57. The highest BCUT2D eigenvalue weighted by molar-refractivity contribution is 8.56. The second-order valence-electron chi connectivity index (χ2n) is 3.96. The molecule has 0 aliphatic rings. The maximum absolute atomic E-state index is 12.1. The Balaban J connectivity index is 3.85. The van der Waals surface area contributed by atoms with Gasteiger partial charge in [0, 0.05) is 19.0 Å². The van der Waals surface area contributed by atoms with Gasteiger partial charge in [0.25, 0.3) is 6.57 Å². The molecule has 0 rings (SSSR count). The van der Waals surface area contributed by atoms with Gasteiger partial charge in [-0.3, -0.25) is 4.57 Å². The van der Waals surface area contributed by atoms with E-state index in [4.69, 9.17) is 4.52 Å². The lowest BCUT2D eigenvalue weighted by Crippen LogP contribution is -2.25. The van der Waals surface area contributed by atoms with Gasteiger partial charge in [-0.1, -0.05) is 32.2 Å². The molecule has 0 saturated carbocycles. The van der Waals surface area contributed by atoms with Crippen LogP contribution in [0.25, 0.3) is 0 Å². The lowest BCUT2D eigenvalue weighted by atomic mass is 10.3. The smallest absolute Gasteiger partial charge is 0.255 e. The zero-order chi connectivity index (χ0) is 12.6. The number of rotatable bonds is 9. The summed E-state index contributed by atoms with van der Waals surface area (Å²) in [5, 5.41) is 0. The van der Waals surface area contributed by atoms with Gasteiger partial charge in [-0.05, 0) is 26.4 Å². The Labute approximate surface area is 105 Å². The molecule has 0 aromatic heterocycles. The largest absolute Gasteiger partial charge is 0.318 e. The minimum Gasteiger partial charge on any atom is -0.318 e. The molecule has 16 heavy (non-hydrogen) atoms. The quantitative estimate of drug-likeness (QED) is 0.596. The van der Waals surface area contributed by atoms with Gasteiger partial charge in [0.15, 0.2) is 0 Å². The molecule has 3 nitrogen and oxygen atoms in total. The van der Waals surface area contributed by atoms with Crippen LogP contribution >= 0.6 is 18.0 Å². The van der Waals surface area contributed by atoms with E-state index in [0.717, 1.165) is 31.8 Å². The Morgan fingerprint density at radius 3 is 2.31 bits per heavy atom. The molecule has 0 amide bonds. The van der Waals surface area contributed by atoms with Crippen molar-refractivity contribution < 1.29 is 9.09 Å². The molecule has 0 aromatic rings. The lowest BCUT2D eigenvalue weighted by molar-refractivity contribution is 0.230. The molecule has 0 aliphatic heterocycles. The van der Waals surface area contributed by atoms with Crippen LogP contribution in [0.4, 0.5) is 0 Å². The molecular weight excluding hydrogens is 241 g/mol. The van der Waals surface area contributed by atoms with Crippen LogP contribution in [-0.2, 0) is 9.09 Å². The Morgan fingerprint density at radius 2 is 1.88 bits per heavy atom. The first-order chi connectivity index (χ1) is 7.45. The summed E-state index contributed by atoms with van der Waals surface area (Å²) in [7, 11) is 0. The predicted molar refractivity (Wildman–Crippen MR) is 74.6 cm³/mol. The molecule has 0 heterocycles. The summed E-state index contributed by atoms with van der Waals surface area (Å²) < 4.78 is 17.6. The van der Waals surface area contributed by atoms with Gasteiger partial charge in [0.2, 0.25) is 0 Å². The molecule has 0 fully saturated rings. The number of hydrogen-bond donors (Lipinski definition) is 0. The predicted octanol–water partition coefficient (Wildman–Crippen LogP) is 3.70. The Bertz CT molecular complexity index is 222. The molecule has 0 saturated heterocycles. The highest BCUT2D eigenvalue weighted by Crippen LogP contribution is 2.57. The maximum atomic E-state index is 12.1. The Morgan fingerprint density at radius 1 is 1.31 bits per heavy atom. The molecule has 0 radical (unpaired) electrons. The van der Waals surface area contributed by atoms with Gasteiger partial charge in [-0.25, -0.2) is 0 Å². The van der Waals surface area contributed by atoms with E-state index >= 15 is 0 Å². The minimum atomic E-state index is -2.45. The molecule has 2 unspecified atom stereocenters. The molecule has 5 heteroatoms. The monoisotopic (exact) mass is 267 g/mol. The molecule has 0 bridgehead atoms. The van der Waals surface area contributed by atoms with Gasteiger partial charge in [0.05, 0.1) is 6.10 Å². The van der Waals surface area contributed by atoms with Crippen molar-refractivity contribution >= 4 is 18.0 Å². The third-order valence-electron chi connectivity index (χ3n) is 2.57. The van der Waals surface area contributed by atoms with E-state index in [1.165, 1.54) is 11.4 Å². The fraction of sp³-hybridized carbons (Fsp3) is 1.00. The standard InChI is InChI=1S/C11H26NO2PS/c1-6-11(4)14-15(5,13)16-10-9-12(7-2)8-3/h11H,6-10H2,1-5H3. The van der Waals surface area contributed by atoms with E-state index in [2.05, 4.69) is 18.7 Å². The van der Waals surface area contributed by atoms with Gasteiger partial charge < -0.3 is 9.42 Å². The van der Waals surface area contributed by atoms with Crippen LogP contribution in [0.15, 0.2) is 0 Å². The lowest BCUT2D eigenvalue weighted by Gasteiger charge is -2.21. The first-order valence-electron chi connectivity index (χ1n) is 6.07. The first-order valence-corrected chi connectivity index (χ1v) is 9.74. The van der Waals surface area contributed by atoms with Gasteiger partial charge >= 0.3 is 0 Å². The van der Waals surface area contributed by atoms with Crippen LogP contribution in [0.2, 0.25) is 0 Å². The van der Waals surface area contributed by atoms with Crippen molar-refractivity contribution in [3.8, 4) is 0 Å². The molecule has 0 N–H and O–H groups in total. The molecule has 98 valence electrons. The second-order valence-corrected chi connectivity index (χ2v) is 9.14. The van der Waals surface area contributed by atoms with Crippen molar-refractivity contribution in [3.63, 3.8) is 0 Å². The topological polar surface area (TPSA) is 29.5 Å². The highest BCUT2D eigenvalue weighted by atomic mass is 32.7. The Kier molecular flexibility index (Phi) is 8.84. The van der Waals surface area contributed by atoms with Crippen molar-refractivity contribution in [1.29, 1.82) is 0 Å². The zero-order valence-corrected chi connectivity index (χ0v) is 12.9. The third-order valence-corrected chi connectivity index (χ3v) is 6.36. The van der Waals surface area contributed by atoms with E-state index in [-0.39, 0.29) is 6.10 Å². The molecule has 0 aliphatic carbocycles. The summed E-state index contributed by atoms with van der Waals surface area (Å²) in [5.74, 6) is 0.881. The van der Waals surface area contributed by atoms with Crippen LogP contribution in [0, 0.1) is 0 Å². The van der Waals surface area contributed by atoms with Crippen LogP contribution in [0.1, 0.15) is 34.1 Å². The molecule has 0 spiro atoms. The molecular formula is C11H26NO2PS. The van der Waals surface area contributed by atoms with Gasteiger partial charge in [0.1, 0.15) is 0 Å². The van der Waals surface area contributed by atoms with Crippen molar-refractivity contribution in [3.05, 3.63) is 0 Å². The van der Waals surface area contributed by atoms with E-state index in [1.807, 2.05) is 13.8 Å². The summed E-state index contributed by atoms with van der Waals surface area (Å²) in [6.45, 7) is 10.7. The van der Waals surface area contributed by atoms with Crippen LogP contribution < -0.4 is 0 Å². The van der Waals surface area contributed by atoms with Crippen molar-refractivity contribution in [2.75, 3.05) is 32.1 Å². The van der Waals surface area contributed by atoms with Crippen molar-refractivity contribution in [2.24, 2.45) is 0 Å². The van der Waals surface area contributed by atoms with Crippen molar-refractivity contribution in [1.82, 2.24) is 4.90 Å². The van der Waals surface area contributed by atoms with Crippen LogP contribution in [0.3, 0.4) is 0 Å². The normalized spacial score (nSPS) is 17.4. The number of nitrogens with zero attached hydrogens (tertiary/aromatic N) is 1. The summed E-state index contributed by atoms with van der Waals surface area (Å²) in [4.78, 5) is 2.33. The third kappa shape index (κ3) is 7.72. The minimum absolute atomic E-state index is 0.0942. The van der Waals surface area contributed by atoms with E-state index in [9.17, 15) is 4.57 Å². The van der Waals surface area contributed by atoms with Crippen molar-refractivity contribution in [2.45, 2.75) is 40.2 Å². The van der Waals surface area contributed by atoms with E-state index < -0.39 is 6.57 Å². The summed E-state index contributed by atoms with van der Waals surface area (Å²) in [5.41, 5.74) is 0. The number of hydrogen-bond acceptors (Lipinski definition) is 4. The average Bonchev–Trinajstić information content (AvgIpc) is 2.23. The summed E-state index contributed by atoms with van der Waals surface area (Å²) >= 11 is 1.47. The van der Waals surface area contributed by atoms with E-state index in [0.29, 0.717) is 0 Å². The van der Waals surface area contributed by atoms with Crippen LogP contribution in [0.5, 0.6) is 0 Å². The fourth-order valence-corrected chi connectivity index (χ4v) is 4.71. The fourth-order valence-electron chi connectivity index (χ4n) is 1.31. The van der Waals surface area contributed by atoms with Gasteiger partial charge in [-0.2, -0.15) is 0 Å². The molecule has 2 atom stereocenters. The first kappa shape index (κ1) is 16.5. The zero-order valence-electron chi connectivity index (χ0n) is 11.2. The SMILES string of the molecule is CCC(C)OP(C)(=O)SCCN(CC)CC. The van der Waals surface area contributed by atoms with E-state index in [1.54, 1.807) is 6.66 Å². The Hall–Kier alpha value is 0.500. The van der Waals surface area contributed by atoms with Crippen LogP contribution in [-0.4, -0.2) is 43.1 Å². The summed E-state index contributed by atoms with van der Waals surface area (Å²) in [6.07, 6.45) is 1.01.